The minimum absolute atomic E-state index is 0.368. The zero-order valence-corrected chi connectivity index (χ0v) is 15.6. The second-order valence-corrected chi connectivity index (χ2v) is 6.94. The predicted octanol–water partition coefficient (Wildman–Crippen LogP) is 3.95. The summed E-state index contributed by atoms with van der Waals surface area (Å²) in [5.74, 6) is -0.253. The maximum absolute atomic E-state index is 11.9. The first-order chi connectivity index (χ1) is 12.6. The molecule has 2 aromatic heterocycles. The van der Waals surface area contributed by atoms with E-state index in [2.05, 4.69) is 10.3 Å². The minimum Gasteiger partial charge on any atom is -0.494 e. The molecule has 0 saturated carbocycles. The number of thiophene rings is 1. The Morgan fingerprint density at radius 2 is 2.19 bits per heavy atom. The van der Waals surface area contributed by atoms with Crippen LogP contribution >= 0.6 is 22.7 Å². The van der Waals surface area contributed by atoms with E-state index in [1.165, 1.54) is 28.7 Å². The van der Waals surface area contributed by atoms with Crippen LogP contribution in [-0.2, 0) is 14.3 Å². The lowest BCUT2D eigenvalue weighted by Crippen LogP contribution is -2.19. The molecule has 0 bridgehead atoms. The quantitative estimate of drug-likeness (QED) is 0.490. The molecule has 0 fully saturated rings. The Morgan fingerprint density at radius 3 is 2.96 bits per heavy atom. The van der Waals surface area contributed by atoms with Crippen LogP contribution < -0.4 is 10.1 Å². The maximum Gasteiger partial charge on any atom is 0.331 e. The standard InChI is InChI=1S/C18H16N2O4S2/c1-2-23-13-4-5-14-15(9-13)26-18(19-14)20-16(21)10-24-17(22)6-3-12-7-8-25-11-12/h3-9,11H,2,10H2,1H3,(H,19,20,21)/b6-3+. The van der Waals surface area contributed by atoms with Crippen LogP contribution in [-0.4, -0.2) is 30.1 Å². The SMILES string of the molecule is CCOc1ccc2nc(NC(=O)COC(=O)/C=C/c3ccsc3)sc2c1. The summed E-state index contributed by atoms with van der Waals surface area (Å²) in [7, 11) is 0. The van der Waals surface area contributed by atoms with E-state index in [1.54, 1.807) is 6.08 Å². The molecule has 134 valence electrons. The van der Waals surface area contributed by atoms with Gasteiger partial charge >= 0.3 is 5.97 Å². The van der Waals surface area contributed by atoms with Crippen molar-refractivity contribution in [3.8, 4) is 5.75 Å². The Kier molecular flexibility index (Phi) is 5.98. The first-order valence-corrected chi connectivity index (χ1v) is 9.60. The van der Waals surface area contributed by atoms with Gasteiger partial charge in [0.05, 0.1) is 16.8 Å². The lowest BCUT2D eigenvalue weighted by molar-refractivity contribution is -0.142. The van der Waals surface area contributed by atoms with Crippen molar-refractivity contribution in [2.75, 3.05) is 18.5 Å². The number of benzene rings is 1. The summed E-state index contributed by atoms with van der Waals surface area (Å²) in [5, 5.41) is 6.90. The van der Waals surface area contributed by atoms with Crippen molar-refractivity contribution >= 4 is 56.0 Å². The van der Waals surface area contributed by atoms with Crippen molar-refractivity contribution in [1.82, 2.24) is 4.98 Å². The highest BCUT2D eigenvalue weighted by molar-refractivity contribution is 7.22. The van der Waals surface area contributed by atoms with Gasteiger partial charge in [0.15, 0.2) is 11.7 Å². The molecule has 3 aromatic rings. The van der Waals surface area contributed by atoms with Crippen LogP contribution in [0.3, 0.4) is 0 Å². The highest BCUT2D eigenvalue weighted by Gasteiger charge is 2.10. The number of fused-ring (bicyclic) bond motifs is 1. The van der Waals surface area contributed by atoms with Crippen LogP contribution in [0, 0.1) is 0 Å². The van der Waals surface area contributed by atoms with Crippen molar-refractivity contribution in [3.63, 3.8) is 0 Å². The average Bonchev–Trinajstić information content (AvgIpc) is 3.27. The highest BCUT2D eigenvalue weighted by Crippen LogP contribution is 2.29. The molecule has 6 nitrogen and oxygen atoms in total. The number of aromatic nitrogens is 1. The Morgan fingerprint density at radius 1 is 1.31 bits per heavy atom. The number of nitrogens with one attached hydrogen (secondary N) is 1. The summed E-state index contributed by atoms with van der Waals surface area (Å²) < 4.78 is 11.3. The van der Waals surface area contributed by atoms with Gasteiger partial charge in [0.2, 0.25) is 0 Å². The third kappa shape index (κ3) is 4.90. The van der Waals surface area contributed by atoms with Crippen LogP contribution in [0.4, 0.5) is 5.13 Å². The lowest BCUT2D eigenvalue weighted by Gasteiger charge is -2.01. The van der Waals surface area contributed by atoms with Crippen LogP contribution in [0.1, 0.15) is 12.5 Å². The largest absolute Gasteiger partial charge is 0.494 e. The number of carbonyl (C=O) groups excluding carboxylic acids is 2. The molecule has 0 spiro atoms. The van der Waals surface area contributed by atoms with E-state index >= 15 is 0 Å². The monoisotopic (exact) mass is 388 g/mol. The van der Waals surface area contributed by atoms with E-state index in [9.17, 15) is 9.59 Å². The number of hydrogen-bond donors (Lipinski definition) is 1. The van der Waals surface area contributed by atoms with Gasteiger partial charge in [-0.15, -0.1) is 0 Å². The average molecular weight is 388 g/mol. The van der Waals surface area contributed by atoms with Crippen molar-refractivity contribution < 1.29 is 19.1 Å². The molecular formula is C18H16N2O4S2. The molecule has 26 heavy (non-hydrogen) atoms. The zero-order valence-electron chi connectivity index (χ0n) is 13.9. The summed E-state index contributed by atoms with van der Waals surface area (Å²) in [6, 6.07) is 7.42. The first kappa shape index (κ1) is 18.1. The summed E-state index contributed by atoms with van der Waals surface area (Å²) in [6.45, 7) is 2.13. The molecule has 0 unspecified atom stereocenters. The summed E-state index contributed by atoms with van der Waals surface area (Å²) >= 11 is 2.87. The zero-order chi connectivity index (χ0) is 18.4. The Hall–Kier alpha value is -2.71. The number of thiazole rings is 1. The van der Waals surface area contributed by atoms with Gasteiger partial charge in [-0.3, -0.25) is 10.1 Å². The summed E-state index contributed by atoms with van der Waals surface area (Å²) in [5.41, 5.74) is 1.68. The van der Waals surface area contributed by atoms with Crippen molar-refractivity contribution in [2.45, 2.75) is 6.92 Å². The molecule has 0 aliphatic rings. The minimum atomic E-state index is -0.572. The third-order valence-corrected chi connectivity index (χ3v) is 4.85. The molecule has 0 atom stereocenters. The second kappa shape index (κ2) is 8.59. The molecule has 0 radical (unpaired) electrons. The number of rotatable bonds is 7. The summed E-state index contributed by atoms with van der Waals surface area (Å²) in [4.78, 5) is 27.9. The number of nitrogens with zero attached hydrogens (tertiary/aromatic N) is 1. The second-order valence-electron chi connectivity index (χ2n) is 5.13. The van der Waals surface area contributed by atoms with Crippen molar-refractivity contribution in [1.29, 1.82) is 0 Å². The number of hydrogen-bond acceptors (Lipinski definition) is 7. The smallest absolute Gasteiger partial charge is 0.331 e. The lowest BCUT2D eigenvalue weighted by atomic mass is 10.3. The number of anilines is 1. The fourth-order valence-corrected chi connectivity index (χ4v) is 3.63. The highest BCUT2D eigenvalue weighted by atomic mass is 32.1. The molecule has 0 aliphatic heterocycles. The van der Waals surface area contributed by atoms with E-state index in [4.69, 9.17) is 9.47 Å². The van der Waals surface area contributed by atoms with Crippen LogP contribution in [0.15, 0.2) is 41.1 Å². The Labute approximate surface area is 158 Å². The van der Waals surface area contributed by atoms with E-state index in [0.717, 1.165) is 21.5 Å². The molecular weight excluding hydrogens is 372 g/mol. The normalized spacial score (nSPS) is 11.0. The predicted molar refractivity (Wildman–Crippen MR) is 104 cm³/mol. The molecule has 0 aliphatic carbocycles. The Balaban J connectivity index is 1.52. The molecule has 1 N–H and O–H groups in total. The van der Waals surface area contributed by atoms with E-state index in [0.29, 0.717) is 11.7 Å². The van der Waals surface area contributed by atoms with E-state index in [1.807, 2.05) is 41.9 Å². The van der Waals surface area contributed by atoms with Gasteiger partial charge in [0, 0.05) is 6.08 Å². The number of amides is 1. The van der Waals surface area contributed by atoms with Crippen LogP contribution in [0.25, 0.3) is 16.3 Å². The molecule has 1 amide bonds. The van der Waals surface area contributed by atoms with Gasteiger partial charge in [-0.25, -0.2) is 9.78 Å². The van der Waals surface area contributed by atoms with Gasteiger partial charge in [-0.2, -0.15) is 11.3 Å². The van der Waals surface area contributed by atoms with Crippen LogP contribution in [0.5, 0.6) is 5.75 Å². The van der Waals surface area contributed by atoms with Gasteiger partial charge in [0.25, 0.3) is 5.91 Å². The topological polar surface area (TPSA) is 77.5 Å². The number of carbonyl (C=O) groups is 2. The fourth-order valence-electron chi connectivity index (χ4n) is 2.09. The number of ether oxygens (including phenoxy) is 2. The molecule has 0 saturated heterocycles. The van der Waals surface area contributed by atoms with E-state index in [-0.39, 0.29) is 6.61 Å². The Bertz CT molecular complexity index is 932. The molecule has 8 heteroatoms. The van der Waals surface area contributed by atoms with Crippen molar-refractivity contribution in [3.05, 3.63) is 46.7 Å². The first-order valence-electron chi connectivity index (χ1n) is 7.84. The van der Waals surface area contributed by atoms with Crippen molar-refractivity contribution in [2.24, 2.45) is 0 Å². The number of esters is 1. The van der Waals surface area contributed by atoms with Gasteiger partial charge in [-0.05, 0) is 53.6 Å². The maximum atomic E-state index is 11.9. The van der Waals surface area contributed by atoms with E-state index < -0.39 is 11.9 Å². The summed E-state index contributed by atoms with van der Waals surface area (Å²) in [6.07, 6.45) is 2.93. The van der Waals surface area contributed by atoms with Gasteiger partial charge in [0.1, 0.15) is 5.75 Å². The fraction of sp³-hybridized carbons (Fsp3) is 0.167. The van der Waals surface area contributed by atoms with Crippen LogP contribution in [0.2, 0.25) is 0 Å². The third-order valence-electron chi connectivity index (χ3n) is 3.22. The van der Waals surface area contributed by atoms with Gasteiger partial charge in [-0.1, -0.05) is 11.3 Å². The molecule has 3 rings (SSSR count). The molecule has 1 aromatic carbocycles. The molecule has 2 heterocycles. The van der Waals surface area contributed by atoms with Gasteiger partial charge < -0.3 is 9.47 Å².